The molecule has 1 aromatic carbocycles. The smallest absolute Gasteiger partial charge is 0.171 e. The molecule has 0 fully saturated rings. The van der Waals surface area contributed by atoms with Crippen molar-refractivity contribution < 1.29 is 0 Å². The number of anilines is 2. The first kappa shape index (κ1) is 11.8. The molecule has 2 aromatic rings. The highest BCUT2D eigenvalue weighted by atomic mass is 35.5. The maximum absolute atomic E-state index is 8.98. The van der Waals surface area contributed by atoms with E-state index in [0.29, 0.717) is 27.7 Å². The Morgan fingerprint density at radius 2 is 1.89 bits per heavy atom. The van der Waals surface area contributed by atoms with Crippen molar-refractivity contribution in [3.8, 4) is 12.1 Å². The molecule has 0 amide bonds. The van der Waals surface area contributed by atoms with Crippen molar-refractivity contribution >= 4 is 23.1 Å². The number of hydrogen-bond acceptors (Lipinski definition) is 5. The van der Waals surface area contributed by atoms with Gasteiger partial charge in [-0.1, -0.05) is 11.6 Å². The van der Waals surface area contributed by atoms with Gasteiger partial charge in [-0.25, -0.2) is 0 Å². The molecular formula is C12H6ClN5. The first-order valence-corrected chi connectivity index (χ1v) is 5.31. The van der Waals surface area contributed by atoms with Gasteiger partial charge in [0, 0.05) is 5.02 Å². The molecule has 18 heavy (non-hydrogen) atoms. The maximum atomic E-state index is 8.98. The summed E-state index contributed by atoms with van der Waals surface area (Å²) in [5, 5.41) is 28.8. The number of aromatic nitrogens is 2. The van der Waals surface area contributed by atoms with Gasteiger partial charge >= 0.3 is 0 Å². The number of halogens is 1. The second kappa shape index (κ2) is 5.13. The van der Waals surface area contributed by atoms with E-state index in [1.165, 1.54) is 12.3 Å². The van der Waals surface area contributed by atoms with Crippen LogP contribution in [-0.2, 0) is 0 Å². The Labute approximate surface area is 108 Å². The summed E-state index contributed by atoms with van der Waals surface area (Å²) in [7, 11) is 0. The largest absolute Gasteiger partial charge is 0.336 e. The van der Waals surface area contributed by atoms with E-state index in [0.717, 1.165) is 0 Å². The molecule has 0 atom stereocenters. The molecule has 6 heteroatoms. The van der Waals surface area contributed by atoms with Crippen molar-refractivity contribution in [3.05, 3.63) is 46.6 Å². The first-order valence-electron chi connectivity index (χ1n) is 4.93. The Morgan fingerprint density at radius 3 is 2.61 bits per heavy atom. The van der Waals surface area contributed by atoms with Crippen LogP contribution in [0.1, 0.15) is 11.1 Å². The molecule has 5 nitrogen and oxygen atoms in total. The van der Waals surface area contributed by atoms with Crippen molar-refractivity contribution in [1.82, 2.24) is 10.2 Å². The highest BCUT2D eigenvalue weighted by Crippen LogP contribution is 2.24. The first-order chi connectivity index (χ1) is 8.74. The van der Waals surface area contributed by atoms with Crippen LogP contribution >= 0.6 is 11.6 Å². The third kappa shape index (κ3) is 2.37. The van der Waals surface area contributed by atoms with Crippen LogP contribution in [0.2, 0.25) is 5.02 Å². The topological polar surface area (TPSA) is 85.4 Å². The summed E-state index contributed by atoms with van der Waals surface area (Å²) in [6.45, 7) is 0. The molecule has 86 valence electrons. The molecule has 2 rings (SSSR count). The summed E-state index contributed by atoms with van der Waals surface area (Å²) in [4.78, 5) is 0. The Kier molecular flexibility index (Phi) is 3.38. The van der Waals surface area contributed by atoms with Crippen LogP contribution in [0.5, 0.6) is 0 Å². The predicted octanol–water partition coefficient (Wildman–Crippen LogP) is 2.62. The molecule has 0 spiro atoms. The van der Waals surface area contributed by atoms with Crippen LogP contribution in [0, 0.1) is 22.7 Å². The van der Waals surface area contributed by atoms with Crippen molar-refractivity contribution in [2.45, 2.75) is 0 Å². The van der Waals surface area contributed by atoms with Gasteiger partial charge in [-0.15, -0.1) is 5.10 Å². The summed E-state index contributed by atoms with van der Waals surface area (Å²) in [5.74, 6) is 0.291. The van der Waals surface area contributed by atoms with Crippen molar-refractivity contribution in [1.29, 1.82) is 10.5 Å². The lowest BCUT2D eigenvalue weighted by molar-refractivity contribution is 1.03. The lowest BCUT2D eigenvalue weighted by Gasteiger charge is -2.08. The third-order valence-corrected chi connectivity index (χ3v) is 2.43. The summed E-state index contributed by atoms with van der Waals surface area (Å²) >= 11 is 5.86. The summed E-state index contributed by atoms with van der Waals surface area (Å²) in [5.41, 5.74) is 1.24. The third-order valence-electron chi connectivity index (χ3n) is 2.20. The standard InChI is InChI=1S/C12H6ClN5/c13-10-2-1-8(6-14)11(5-10)17-12-9(7-15)3-4-16-18-12/h1-5H,(H,17,18). The number of nitrogens with zero attached hydrogens (tertiary/aromatic N) is 4. The second-order valence-corrected chi connectivity index (χ2v) is 3.77. The molecule has 1 heterocycles. The molecule has 0 unspecified atom stereocenters. The summed E-state index contributed by atoms with van der Waals surface area (Å²) < 4.78 is 0. The minimum Gasteiger partial charge on any atom is -0.336 e. The Balaban J connectivity index is 2.44. The predicted molar refractivity (Wildman–Crippen MR) is 66.2 cm³/mol. The Hall–Kier alpha value is -2.63. The highest BCUT2D eigenvalue weighted by Gasteiger charge is 2.08. The van der Waals surface area contributed by atoms with E-state index in [-0.39, 0.29) is 0 Å². The molecule has 0 saturated carbocycles. The van der Waals surface area contributed by atoms with Crippen LogP contribution in [0.25, 0.3) is 0 Å². The average molecular weight is 256 g/mol. The molecule has 1 N–H and O–H groups in total. The fourth-order valence-corrected chi connectivity index (χ4v) is 1.53. The van der Waals surface area contributed by atoms with Gasteiger partial charge in [-0.3, -0.25) is 0 Å². The normalized spacial score (nSPS) is 9.28. The molecule has 1 aromatic heterocycles. The van der Waals surface area contributed by atoms with Gasteiger partial charge in [0.15, 0.2) is 5.82 Å². The van der Waals surface area contributed by atoms with Crippen LogP contribution in [-0.4, -0.2) is 10.2 Å². The van der Waals surface area contributed by atoms with Crippen LogP contribution in [0.15, 0.2) is 30.5 Å². The number of nitrogens with one attached hydrogen (secondary N) is 1. The maximum Gasteiger partial charge on any atom is 0.171 e. The van der Waals surface area contributed by atoms with E-state index in [1.54, 1.807) is 18.2 Å². The molecule has 0 bridgehead atoms. The van der Waals surface area contributed by atoms with Crippen LogP contribution < -0.4 is 5.32 Å². The number of nitriles is 2. The zero-order valence-corrected chi connectivity index (χ0v) is 9.81. The molecule has 0 aliphatic heterocycles. The zero-order chi connectivity index (χ0) is 13.0. The van der Waals surface area contributed by atoms with Crippen molar-refractivity contribution in [3.63, 3.8) is 0 Å². The van der Waals surface area contributed by atoms with Crippen LogP contribution in [0.4, 0.5) is 11.5 Å². The van der Waals surface area contributed by atoms with Gasteiger partial charge in [0.05, 0.1) is 23.0 Å². The number of rotatable bonds is 2. The molecule has 0 saturated heterocycles. The second-order valence-electron chi connectivity index (χ2n) is 3.33. The Bertz CT molecular complexity index is 669. The van der Waals surface area contributed by atoms with Crippen molar-refractivity contribution in [2.24, 2.45) is 0 Å². The SMILES string of the molecule is N#Cc1ccc(Cl)cc1Nc1nnccc1C#N. The summed E-state index contributed by atoms with van der Waals surface area (Å²) in [6, 6.07) is 10.4. The lowest BCUT2D eigenvalue weighted by Crippen LogP contribution is -2.00. The minimum atomic E-state index is 0.291. The molecule has 0 radical (unpaired) electrons. The van der Waals surface area contributed by atoms with E-state index in [9.17, 15) is 0 Å². The fraction of sp³-hybridized carbons (Fsp3) is 0. The molecular weight excluding hydrogens is 250 g/mol. The zero-order valence-electron chi connectivity index (χ0n) is 9.05. The number of benzene rings is 1. The molecule has 0 aliphatic rings. The van der Waals surface area contributed by atoms with Gasteiger partial charge in [0.2, 0.25) is 0 Å². The van der Waals surface area contributed by atoms with Crippen LogP contribution in [0.3, 0.4) is 0 Å². The lowest BCUT2D eigenvalue weighted by atomic mass is 10.2. The molecule has 0 aliphatic carbocycles. The van der Waals surface area contributed by atoms with E-state index < -0.39 is 0 Å². The highest BCUT2D eigenvalue weighted by molar-refractivity contribution is 6.30. The van der Waals surface area contributed by atoms with Gasteiger partial charge < -0.3 is 5.32 Å². The number of hydrogen-bond donors (Lipinski definition) is 1. The van der Waals surface area contributed by atoms with E-state index >= 15 is 0 Å². The monoisotopic (exact) mass is 255 g/mol. The van der Waals surface area contributed by atoms with E-state index in [4.69, 9.17) is 22.1 Å². The fourth-order valence-electron chi connectivity index (χ4n) is 1.36. The van der Waals surface area contributed by atoms with E-state index in [1.807, 2.05) is 12.1 Å². The quantitative estimate of drug-likeness (QED) is 0.891. The minimum absolute atomic E-state index is 0.291. The van der Waals surface area contributed by atoms with Gasteiger partial charge in [-0.2, -0.15) is 15.6 Å². The van der Waals surface area contributed by atoms with Gasteiger partial charge in [-0.05, 0) is 24.3 Å². The van der Waals surface area contributed by atoms with Crippen molar-refractivity contribution in [2.75, 3.05) is 5.32 Å². The van der Waals surface area contributed by atoms with E-state index in [2.05, 4.69) is 15.5 Å². The van der Waals surface area contributed by atoms with Gasteiger partial charge in [0.25, 0.3) is 0 Å². The average Bonchev–Trinajstić information content (AvgIpc) is 2.40. The van der Waals surface area contributed by atoms with Gasteiger partial charge in [0.1, 0.15) is 12.1 Å². The summed E-state index contributed by atoms with van der Waals surface area (Å²) in [6.07, 6.45) is 1.42. The Morgan fingerprint density at radius 1 is 1.11 bits per heavy atom.